The predicted octanol–water partition coefficient (Wildman–Crippen LogP) is 3.55. The monoisotopic (exact) mass is 415 g/mol. The second-order valence-electron chi connectivity index (χ2n) is 6.06. The van der Waals surface area contributed by atoms with Crippen molar-refractivity contribution in [2.75, 3.05) is 13.2 Å². The number of nitrogens with zero attached hydrogens (tertiary/aromatic N) is 1. The second-order valence-corrected chi connectivity index (χ2v) is 7.05. The summed E-state index contributed by atoms with van der Waals surface area (Å²) < 4.78 is 10.5. The molecule has 1 fully saturated rings. The van der Waals surface area contributed by atoms with E-state index >= 15 is 0 Å². The van der Waals surface area contributed by atoms with E-state index in [0.717, 1.165) is 4.90 Å². The molecule has 0 aliphatic carbocycles. The maximum Gasteiger partial charge on any atom is 0.335 e. The molecular formula is C20H17NO7S. The minimum atomic E-state index is -1.04. The number of rotatable bonds is 6. The van der Waals surface area contributed by atoms with E-state index in [1.165, 1.54) is 12.1 Å². The number of imide groups is 1. The summed E-state index contributed by atoms with van der Waals surface area (Å²) in [6.45, 7) is 3.03. The lowest BCUT2D eigenvalue weighted by molar-refractivity contribution is -0.145. The van der Waals surface area contributed by atoms with Gasteiger partial charge in [-0.05, 0) is 49.4 Å². The van der Waals surface area contributed by atoms with Gasteiger partial charge in [-0.15, -0.1) is 0 Å². The number of thioether (sulfide) groups is 1. The quantitative estimate of drug-likeness (QED) is 0.563. The van der Waals surface area contributed by atoms with Crippen molar-refractivity contribution in [2.45, 2.75) is 13.8 Å². The highest BCUT2D eigenvalue weighted by atomic mass is 32.2. The molecule has 1 aliphatic rings. The molecule has 29 heavy (non-hydrogen) atoms. The van der Waals surface area contributed by atoms with Crippen molar-refractivity contribution in [3.05, 3.63) is 52.1 Å². The van der Waals surface area contributed by atoms with Gasteiger partial charge >= 0.3 is 11.9 Å². The lowest BCUT2D eigenvalue weighted by Gasteiger charge is -2.10. The van der Waals surface area contributed by atoms with E-state index in [4.69, 9.17) is 9.15 Å². The average molecular weight is 415 g/mol. The maximum absolute atomic E-state index is 12.4. The lowest BCUT2D eigenvalue weighted by atomic mass is 10.0. The zero-order valence-corrected chi connectivity index (χ0v) is 16.4. The Labute approximate surface area is 170 Å². The molecule has 8 nitrogen and oxygen atoms in total. The summed E-state index contributed by atoms with van der Waals surface area (Å²) in [6.07, 6.45) is 1.41. The highest BCUT2D eigenvalue weighted by molar-refractivity contribution is 8.18. The SMILES string of the molecule is CCOC(=O)CN1C(=O)SC(=Cc2ccc(-c3cccc(C(=O)O)c3C)o2)C1=O. The number of furan rings is 1. The van der Waals surface area contributed by atoms with Crippen molar-refractivity contribution in [3.63, 3.8) is 0 Å². The Bertz CT molecular complexity index is 1040. The van der Waals surface area contributed by atoms with Crippen molar-refractivity contribution >= 4 is 40.9 Å². The minimum Gasteiger partial charge on any atom is -0.478 e. The van der Waals surface area contributed by atoms with E-state index < -0.39 is 29.6 Å². The van der Waals surface area contributed by atoms with Crippen LogP contribution in [0.4, 0.5) is 4.79 Å². The Morgan fingerprint density at radius 3 is 2.69 bits per heavy atom. The molecule has 0 unspecified atom stereocenters. The molecule has 0 radical (unpaired) electrons. The standard InChI is InChI=1S/C20H17NO7S/c1-3-27-17(22)10-21-18(23)16(29-20(21)26)9-12-7-8-15(28-12)13-5-4-6-14(11(13)2)19(24)25/h4-9H,3,10H2,1-2H3,(H,24,25). The number of ether oxygens (including phenoxy) is 1. The molecule has 1 saturated heterocycles. The fourth-order valence-electron chi connectivity index (χ4n) is 2.81. The van der Waals surface area contributed by atoms with Crippen LogP contribution in [0.3, 0.4) is 0 Å². The van der Waals surface area contributed by atoms with Crippen LogP contribution in [0, 0.1) is 6.92 Å². The topological polar surface area (TPSA) is 114 Å². The van der Waals surface area contributed by atoms with Crippen molar-refractivity contribution in [3.8, 4) is 11.3 Å². The summed E-state index contributed by atoms with van der Waals surface area (Å²) in [6, 6.07) is 8.13. The van der Waals surface area contributed by atoms with Gasteiger partial charge in [0, 0.05) is 11.6 Å². The molecule has 150 valence electrons. The number of carbonyl (C=O) groups excluding carboxylic acids is 3. The molecule has 9 heteroatoms. The number of carboxylic acid groups (broad SMARTS) is 1. The number of carboxylic acids is 1. The Morgan fingerprint density at radius 2 is 2.00 bits per heavy atom. The first kappa shape index (κ1) is 20.4. The normalized spacial score (nSPS) is 15.2. The van der Waals surface area contributed by atoms with Crippen LogP contribution < -0.4 is 0 Å². The number of benzene rings is 1. The summed E-state index contributed by atoms with van der Waals surface area (Å²) in [5.41, 5.74) is 1.33. The van der Waals surface area contributed by atoms with E-state index in [1.54, 1.807) is 38.1 Å². The number of aromatic carboxylic acids is 1. The van der Waals surface area contributed by atoms with Gasteiger partial charge in [0.2, 0.25) is 0 Å². The first-order valence-electron chi connectivity index (χ1n) is 8.66. The molecule has 3 rings (SSSR count). The smallest absolute Gasteiger partial charge is 0.335 e. The van der Waals surface area contributed by atoms with Gasteiger partial charge in [-0.1, -0.05) is 12.1 Å². The lowest BCUT2D eigenvalue weighted by Crippen LogP contribution is -2.34. The number of carbonyl (C=O) groups is 4. The molecular weight excluding hydrogens is 398 g/mol. The van der Waals surface area contributed by atoms with E-state index in [-0.39, 0.29) is 17.1 Å². The molecule has 1 aliphatic heterocycles. The molecule has 2 heterocycles. The zero-order valence-electron chi connectivity index (χ0n) is 15.6. The number of hydrogen-bond acceptors (Lipinski definition) is 7. The van der Waals surface area contributed by atoms with Crippen molar-refractivity contribution < 1.29 is 33.4 Å². The van der Waals surface area contributed by atoms with Gasteiger partial charge in [-0.3, -0.25) is 19.3 Å². The molecule has 1 aromatic heterocycles. The third kappa shape index (κ3) is 4.24. The van der Waals surface area contributed by atoms with E-state index in [0.29, 0.717) is 34.4 Å². The van der Waals surface area contributed by atoms with Gasteiger partial charge in [-0.2, -0.15) is 0 Å². The van der Waals surface area contributed by atoms with Crippen molar-refractivity contribution in [1.29, 1.82) is 0 Å². The predicted molar refractivity (Wildman–Crippen MR) is 105 cm³/mol. The number of esters is 1. The van der Waals surface area contributed by atoms with Crippen LogP contribution in [-0.2, 0) is 14.3 Å². The van der Waals surface area contributed by atoms with Gasteiger partial charge in [0.15, 0.2) is 0 Å². The molecule has 0 spiro atoms. The Balaban J connectivity index is 1.83. The maximum atomic E-state index is 12.4. The summed E-state index contributed by atoms with van der Waals surface area (Å²) in [5, 5.41) is 8.69. The number of hydrogen-bond donors (Lipinski definition) is 1. The highest BCUT2D eigenvalue weighted by Crippen LogP contribution is 2.34. The van der Waals surface area contributed by atoms with Crippen LogP contribution in [0.2, 0.25) is 0 Å². The van der Waals surface area contributed by atoms with E-state index in [2.05, 4.69) is 0 Å². The third-order valence-corrected chi connectivity index (χ3v) is 5.10. The molecule has 0 atom stereocenters. The van der Waals surface area contributed by atoms with E-state index in [1.807, 2.05) is 0 Å². The Kier molecular flexibility index (Phi) is 5.88. The largest absolute Gasteiger partial charge is 0.478 e. The molecule has 0 saturated carbocycles. The molecule has 2 aromatic rings. The summed E-state index contributed by atoms with van der Waals surface area (Å²) >= 11 is 0.704. The zero-order chi connectivity index (χ0) is 21.1. The number of amides is 2. The summed E-state index contributed by atoms with van der Waals surface area (Å²) in [4.78, 5) is 48.3. The third-order valence-electron chi connectivity index (χ3n) is 4.20. The second kappa shape index (κ2) is 8.36. The van der Waals surface area contributed by atoms with E-state index in [9.17, 15) is 24.3 Å². The molecule has 1 aromatic carbocycles. The Morgan fingerprint density at radius 1 is 1.24 bits per heavy atom. The molecule has 1 N–H and O–H groups in total. The Hall–Kier alpha value is -3.33. The average Bonchev–Trinajstić information content (AvgIpc) is 3.22. The fraction of sp³-hybridized carbons (Fsp3) is 0.200. The van der Waals surface area contributed by atoms with Crippen LogP contribution in [0.25, 0.3) is 17.4 Å². The molecule has 0 bridgehead atoms. The van der Waals surface area contributed by atoms with Crippen LogP contribution in [0.15, 0.2) is 39.7 Å². The van der Waals surface area contributed by atoms with Gasteiger partial charge in [0.1, 0.15) is 18.1 Å². The van der Waals surface area contributed by atoms with Gasteiger partial charge in [-0.25, -0.2) is 4.79 Å². The first-order chi connectivity index (χ1) is 13.8. The van der Waals surface area contributed by atoms with Crippen molar-refractivity contribution in [1.82, 2.24) is 4.90 Å². The van der Waals surface area contributed by atoms with Crippen LogP contribution in [-0.4, -0.2) is 46.2 Å². The van der Waals surface area contributed by atoms with Crippen LogP contribution in [0.1, 0.15) is 28.6 Å². The molecule has 2 amide bonds. The van der Waals surface area contributed by atoms with Gasteiger partial charge in [0.25, 0.3) is 11.1 Å². The van der Waals surface area contributed by atoms with Crippen LogP contribution >= 0.6 is 11.8 Å². The fourth-order valence-corrected chi connectivity index (χ4v) is 3.63. The van der Waals surface area contributed by atoms with Gasteiger partial charge in [0.05, 0.1) is 17.1 Å². The van der Waals surface area contributed by atoms with Crippen LogP contribution in [0.5, 0.6) is 0 Å². The highest BCUT2D eigenvalue weighted by Gasteiger charge is 2.36. The minimum absolute atomic E-state index is 0.121. The first-order valence-corrected chi connectivity index (χ1v) is 9.47. The van der Waals surface area contributed by atoms with Gasteiger partial charge < -0.3 is 14.3 Å². The van der Waals surface area contributed by atoms with Crippen molar-refractivity contribution in [2.24, 2.45) is 0 Å². The summed E-state index contributed by atoms with van der Waals surface area (Å²) in [5.74, 6) is -1.55. The summed E-state index contributed by atoms with van der Waals surface area (Å²) in [7, 11) is 0.